The highest BCUT2D eigenvalue weighted by Crippen LogP contribution is 2.29. The van der Waals surface area contributed by atoms with Crippen LogP contribution in [0.1, 0.15) is 31.2 Å². The van der Waals surface area contributed by atoms with Gasteiger partial charge in [-0.15, -0.1) is 0 Å². The molecule has 3 rings (SSSR count). The van der Waals surface area contributed by atoms with Gasteiger partial charge in [-0.05, 0) is 30.5 Å². The minimum absolute atomic E-state index is 0.385. The van der Waals surface area contributed by atoms with E-state index in [-0.39, 0.29) is 0 Å². The Balaban J connectivity index is 1.87. The van der Waals surface area contributed by atoms with Crippen molar-refractivity contribution in [3.8, 4) is 5.75 Å². The van der Waals surface area contributed by atoms with E-state index >= 15 is 0 Å². The fourth-order valence-electron chi connectivity index (χ4n) is 3.04. The molecule has 0 spiro atoms. The van der Waals surface area contributed by atoms with Crippen LogP contribution in [-0.2, 0) is 13.6 Å². The Kier molecular flexibility index (Phi) is 3.00. The maximum absolute atomic E-state index is 10.0. The number of aromatic hydroxyl groups is 1. The van der Waals surface area contributed by atoms with Crippen molar-refractivity contribution in [3.63, 3.8) is 0 Å². The molecule has 18 heavy (non-hydrogen) atoms. The zero-order chi connectivity index (χ0) is 12.5. The van der Waals surface area contributed by atoms with Crippen LogP contribution in [0.4, 0.5) is 0 Å². The van der Waals surface area contributed by atoms with Crippen LogP contribution >= 0.6 is 0 Å². The molecule has 1 aliphatic rings. The van der Waals surface area contributed by atoms with Crippen LogP contribution in [-0.4, -0.2) is 15.7 Å². The second-order valence-corrected chi connectivity index (χ2v) is 5.30. The van der Waals surface area contributed by atoms with E-state index in [1.54, 1.807) is 6.07 Å². The lowest BCUT2D eigenvalue weighted by atomic mass is 10.1. The number of aromatic nitrogens is 1. The summed E-state index contributed by atoms with van der Waals surface area (Å²) >= 11 is 0. The van der Waals surface area contributed by atoms with Gasteiger partial charge in [-0.1, -0.05) is 18.9 Å². The second-order valence-electron chi connectivity index (χ2n) is 5.30. The molecule has 1 aromatic heterocycles. The van der Waals surface area contributed by atoms with E-state index < -0.39 is 0 Å². The Bertz CT molecular complexity index is 553. The van der Waals surface area contributed by atoms with Crippen molar-refractivity contribution < 1.29 is 5.11 Å². The SMILES string of the molecule is Cn1cc(CNC2CCCC2)c2c(O)cccc21. The second kappa shape index (κ2) is 4.65. The number of nitrogens with one attached hydrogen (secondary N) is 1. The molecule has 0 amide bonds. The van der Waals surface area contributed by atoms with Gasteiger partial charge in [0.2, 0.25) is 0 Å². The molecule has 3 heteroatoms. The predicted octanol–water partition coefficient (Wildman–Crippen LogP) is 2.92. The largest absolute Gasteiger partial charge is 0.507 e. The summed E-state index contributed by atoms with van der Waals surface area (Å²) in [4.78, 5) is 0. The first-order valence-electron chi connectivity index (χ1n) is 6.75. The molecule has 1 aromatic carbocycles. The summed E-state index contributed by atoms with van der Waals surface area (Å²) in [6, 6.07) is 6.37. The Labute approximate surface area is 107 Å². The predicted molar refractivity (Wildman–Crippen MR) is 73.7 cm³/mol. The molecule has 0 radical (unpaired) electrons. The third-order valence-electron chi connectivity index (χ3n) is 4.01. The Morgan fingerprint density at radius 3 is 2.89 bits per heavy atom. The van der Waals surface area contributed by atoms with Gasteiger partial charge in [-0.3, -0.25) is 0 Å². The molecule has 0 aliphatic heterocycles. The van der Waals surface area contributed by atoms with Gasteiger partial charge in [0, 0.05) is 31.2 Å². The number of benzene rings is 1. The minimum atomic E-state index is 0.385. The van der Waals surface area contributed by atoms with Crippen molar-refractivity contribution in [2.24, 2.45) is 7.05 Å². The van der Waals surface area contributed by atoms with E-state index in [9.17, 15) is 5.11 Å². The van der Waals surface area contributed by atoms with Crippen LogP contribution in [0.15, 0.2) is 24.4 Å². The molecule has 1 saturated carbocycles. The van der Waals surface area contributed by atoms with E-state index in [0.29, 0.717) is 11.8 Å². The standard InChI is InChI=1S/C15H20N2O/c1-17-10-11(9-16-12-5-2-3-6-12)15-13(17)7-4-8-14(15)18/h4,7-8,10,12,16,18H,2-3,5-6,9H2,1H3. The monoisotopic (exact) mass is 244 g/mol. The quantitative estimate of drug-likeness (QED) is 0.871. The van der Waals surface area contributed by atoms with E-state index in [4.69, 9.17) is 0 Å². The topological polar surface area (TPSA) is 37.2 Å². The summed E-state index contributed by atoms with van der Waals surface area (Å²) < 4.78 is 2.08. The summed E-state index contributed by atoms with van der Waals surface area (Å²) in [6.07, 6.45) is 7.39. The van der Waals surface area contributed by atoms with Gasteiger partial charge in [0.25, 0.3) is 0 Å². The molecular formula is C15H20N2O. The molecule has 96 valence electrons. The number of phenols is 1. The number of rotatable bonds is 3. The Hall–Kier alpha value is -1.48. The lowest BCUT2D eigenvalue weighted by Crippen LogP contribution is -2.25. The highest BCUT2D eigenvalue weighted by atomic mass is 16.3. The van der Waals surface area contributed by atoms with Gasteiger partial charge in [-0.25, -0.2) is 0 Å². The van der Waals surface area contributed by atoms with E-state index in [0.717, 1.165) is 17.4 Å². The van der Waals surface area contributed by atoms with Gasteiger partial charge >= 0.3 is 0 Å². The highest BCUT2D eigenvalue weighted by Gasteiger charge is 2.16. The normalized spacial score (nSPS) is 16.7. The number of fused-ring (bicyclic) bond motifs is 1. The van der Waals surface area contributed by atoms with Crippen molar-refractivity contribution in [3.05, 3.63) is 30.0 Å². The molecule has 2 N–H and O–H groups in total. The first-order chi connectivity index (χ1) is 8.75. The molecule has 3 nitrogen and oxygen atoms in total. The molecule has 0 atom stereocenters. The Morgan fingerprint density at radius 2 is 2.11 bits per heavy atom. The summed E-state index contributed by atoms with van der Waals surface area (Å²) in [7, 11) is 2.03. The van der Waals surface area contributed by atoms with Gasteiger partial charge in [0.1, 0.15) is 5.75 Å². The average molecular weight is 244 g/mol. The Morgan fingerprint density at radius 1 is 1.33 bits per heavy atom. The number of phenolic OH excluding ortho intramolecular Hbond substituents is 1. The van der Waals surface area contributed by atoms with Crippen LogP contribution in [0.2, 0.25) is 0 Å². The summed E-state index contributed by atoms with van der Waals surface area (Å²) in [5, 5.41) is 14.6. The smallest absolute Gasteiger partial charge is 0.125 e. The molecular weight excluding hydrogens is 224 g/mol. The molecule has 1 aliphatic carbocycles. The summed E-state index contributed by atoms with van der Waals surface area (Å²) in [6.45, 7) is 0.847. The van der Waals surface area contributed by atoms with E-state index in [2.05, 4.69) is 16.1 Å². The molecule has 1 heterocycles. The highest BCUT2D eigenvalue weighted by molar-refractivity contribution is 5.89. The first kappa shape index (κ1) is 11.6. The summed E-state index contributed by atoms with van der Waals surface area (Å²) in [5.41, 5.74) is 2.29. The van der Waals surface area contributed by atoms with Gasteiger partial charge in [0.15, 0.2) is 0 Å². The maximum atomic E-state index is 10.0. The van der Waals surface area contributed by atoms with E-state index in [1.807, 2.05) is 19.2 Å². The maximum Gasteiger partial charge on any atom is 0.125 e. The van der Waals surface area contributed by atoms with Crippen LogP contribution < -0.4 is 5.32 Å². The lowest BCUT2D eigenvalue weighted by molar-refractivity contribution is 0.480. The van der Waals surface area contributed by atoms with Crippen LogP contribution in [0.3, 0.4) is 0 Å². The van der Waals surface area contributed by atoms with E-state index in [1.165, 1.54) is 31.2 Å². The zero-order valence-corrected chi connectivity index (χ0v) is 10.8. The van der Waals surface area contributed by atoms with Crippen molar-refractivity contribution >= 4 is 10.9 Å². The van der Waals surface area contributed by atoms with Crippen molar-refractivity contribution in [1.82, 2.24) is 9.88 Å². The molecule has 1 fully saturated rings. The number of hydrogen-bond acceptors (Lipinski definition) is 2. The fraction of sp³-hybridized carbons (Fsp3) is 0.467. The van der Waals surface area contributed by atoms with Crippen LogP contribution in [0, 0.1) is 0 Å². The van der Waals surface area contributed by atoms with Gasteiger partial charge in [0.05, 0.1) is 5.52 Å². The van der Waals surface area contributed by atoms with Crippen molar-refractivity contribution in [2.75, 3.05) is 0 Å². The number of nitrogens with zero attached hydrogens (tertiary/aromatic N) is 1. The van der Waals surface area contributed by atoms with Gasteiger partial charge in [-0.2, -0.15) is 0 Å². The first-order valence-corrected chi connectivity index (χ1v) is 6.75. The molecule has 2 aromatic rings. The van der Waals surface area contributed by atoms with Crippen molar-refractivity contribution in [1.29, 1.82) is 0 Å². The average Bonchev–Trinajstić information content (AvgIpc) is 2.96. The third kappa shape index (κ3) is 1.99. The number of aryl methyl sites for hydroxylation is 1. The minimum Gasteiger partial charge on any atom is -0.507 e. The fourth-order valence-corrected chi connectivity index (χ4v) is 3.04. The lowest BCUT2D eigenvalue weighted by Gasteiger charge is -2.11. The van der Waals surface area contributed by atoms with Gasteiger partial charge < -0.3 is 15.0 Å². The summed E-state index contributed by atoms with van der Waals surface area (Å²) in [5.74, 6) is 0.385. The van der Waals surface area contributed by atoms with Crippen LogP contribution in [0.25, 0.3) is 10.9 Å². The number of hydrogen-bond donors (Lipinski definition) is 2. The third-order valence-corrected chi connectivity index (χ3v) is 4.01. The van der Waals surface area contributed by atoms with Crippen LogP contribution in [0.5, 0.6) is 5.75 Å². The van der Waals surface area contributed by atoms with Crippen molar-refractivity contribution in [2.45, 2.75) is 38.3 Å². The molecule has 0 bridgehead atoms. The zero-order valence-electron chi connectivity index (χ0n) is 10.8. The molecule has 0 unspecified atom stereocenters. The molecule has 0 saturated heterocycles.